The van der Waals surface area contributed by atoms with Crippen LogP contribution in [0.25, 0.3) is 0 Å². The molecule has 2 aromatic heterocycles. The Morgan fingerprint density at radius 2 is 2.19 bits per heavy atom. The van der Waals surface area contributed by atoms with Crippen LogP contribution in [0.4, 0.5) is 0 Å². The van der Waals surface area contributed by atoms with Gasteiger partial charge >= 0.3 is 0 Å². The van der Waals surface area contributed by atoms with E-state index in [-0.39, 0.29) is 24.0 Å². The number of nitrogens with zero attached hydrogens (tertiary/aromatic N) is 2. The SMILES string of the molecule is CN=C(NCCc1ccc(Cl)s1)NCC1CCCN(C)C1c1cccs1.I. The maximum atomic E-state index is 5.99. The Kier molecular flexibility index (Phi) is 9.86. The normalized spacial score (nSPS) is 20.9. The van der Waals surface area contributed by atoms with Crippen molar-refractivity contribution in [1.29, 1.82) is 0 Å². The molecule has 1 saturated heterocycles. The van der Waals surface area contributed by atoms with Crippen LogP contribution in [0.3, 0.4) is 0 Å². The molecule has 3 heterocycles. The van der Waals surface area contributed by atoms with E-state index in [9.17, 15) is 0 Å². The lowest BCUT2D eigenvalue weighted by molar-refractivity contribution is 0.125. The van der Waals surface area contributed by atoms with Crippen molar-refractivity contribution < 1.29 is 0 Å². The number of hydrogen-bond acceptors (Lipinski definition) is 4. The molecule has 2 unspecified atom stereocenters. The third-order valence-electron chi connectivity index (χ3n) is 4.89. The van der Waals surface area contributed by atoms with Crippen molar-refractivity contribution in [2.24, 2.45) is 10.9 Å². The highest BCUT2D eigenvalue weighted by molar-refractivity contribution is 14.0. The fourth-order valence-electron chi connectivity index (χ4n) is 3.62. The Morgan fingerprint density at radius 3 is 2.85 bits per heavy atom. The highest BCUT2D eigenvalue weighted by Gasteiger charge is 2.31. The van der Waals surface area contributed by atoms with E-state index in [2.05, 4.69) is 51.2 Å². The number of thiophene rings is 2. The number of nitrogens with one attached hydrogen (secondary N) is 2. The first-order chi connectivity index (χ1) is 12.7. The van der Waals surface area contributed by atoms with Crippen LogP contribution in [0, 0.1) is 5.92 Å². The number of likely N-dealkylation sites (tertiary alicyclic amines) is 1. The molecule has 4 nitrogen and oxygen atoms in total. The highest BCUT2D eigenvalue weighted by Crippen LogP contribution is 2.36. The molecule has 8 heteroatoms. The largest absolute Gasteiger partial charge is 0.356 e. The fraction of sp³-hybridized carbons (Fsp3) is 0.526. The van der Waals surface area contributed by atoms with E-state index in [1.807, 2.05) is 24.5 Å². The zero-order chi connectivity index (χ0) is 18.4. The Hall–Kier alpha value is -0.350. The van der Waals surface area contributed by atoms with Gasteiger partial charge in [-0.2, -0.15) is 0 Å². The molecule has 0 amide bonds. The van der Waals surface area contributed by atoms with E-state index in [1.165, 1.54) is 29.1 Å². The van der Waals surface area contributed by atoms with Gasteiger partial charge in [-0.05, 0) is 62.4 Å². The summed E-state index contributed by atoms with van der Waals surface area (Å²) in [6.07, 6.45) is 3.47. The number of rotatable bonds is 6. The van der Waals surface area contributed by atoms with Crippen molar-refractivity contribution >= 4 is 64.2 Å². The summed E-state index contributed by atoms with van der Waals surface area (Å²) in [4.78, 5) is 9.64. The van der Waals surface area contributed by atoms with Crippen molar-refractivity contribution in [2.75, 3.05) is 33.7 Å². The summed E-state index contributed by atoms with van der Waals surface area (Å²) in [6, 6.07) is 8.98. The van der Waals surface area contributed by atoms with Crippen LogP contribution >= 0.6 is 58.3 Å². The van der Waals surface area contributed by atoms with E-state index in [0.717, 1.165) is 29.8 Å². The summed E-state index contributed by atoms with van der Waals surface area (Å²) in [5.41, 5.74) is 0. The van der Waals surface area contributed by atoms with Gasteiger partial charge in [0, 0.05) is 35.9 Å². The Bertz CT molecular complexity index is 704. The first-order valence-electron chi connectivity index (χ1n) is 9.09. The molecule has 2 aromatic rings. The molecule has 27 heavy (non-hydrogen) atoms. The van der Waals surface area contributed by atoms with Crippen LogP contribution in [0.1, 0.15) is 28.6 Å². The number of aliphatic imine (C=N–C) groups is 1. The second-order valence-electron chi connectivity index (χ2n) is 6.68. The van der Waals surface area contributed by atoms with Crippen molar-refractivity contribution in [2.45, 2.75) is 25.3 Å². The number of hydrogen-bond donors (Lipinski definition) is 2. The van der Waals surface area contributed by atoms with Gasteiger partial charge in [-0.3, -0.25) is 9.89 Å². The minimum absolute atomic E-state index is 0. The van der Waals surface area contributed by atoms with Gasteiger partial charge in [-0.25, -0.2) is 0 Å². The van der Waals surface area contributed by atoms with Crippen LogP contribution in [-0.4, -0.2) is 44.6 Å². The van der Waals surface area contributed by atoms with Gasteiger partial charge in [0.05, 0.1) is 4.34 Å². The van der Waals surface area contributed by atoms with Gasteiger partial charge in [0.25, 0.3) is 0 Å². The third kappa shape index (κ3) is 6.59. The second-order valence-corrected chi connectivity index (χ2v) is 9.46. The Labute approximate surface area is 192 Å². The Morgan fingerprint density at radius 1 is 1.33 bits per heavy atom. The van der Waals surface area contributed by atoms with Gasteiger partial charge in [-0.15, -0.1) is 46.7 Å². The smallest absolute Gasteiger partial charge is 0.190 e. The van der Waals surface area contributed by atoms with Gasteiger partial charge in [0.15, 0.2) is 5.96 Å². The first-order valence-corrected chi connectivity index (χ1v) is 11.2. The lowest BCUT2D eigenvalue weighted by Crippen LogP contribution is -2.45. The van der Waals surface area contributed by atoms with Crippen molar-refractivity contribution in [3.63, 3.8) is 0 Å². The van der Waals surface area contributed by atoms with Gasteiger partial charge in [0.2, 0.25) is 0 Å². The molecule has 0 saturated carbocycles. The molecule has 0 aromatic carbocycles. The summed E-state index contributed by atoms with van der Waals surface area (Å²) in [6.45, 7) is 2.97. The minimum atomic E-state index is 0. The zero-order valence-electron chi connectivity index (χ0n) is 15.8. The maximum absolute atomic E-state index is 5.99. The quantitative estimate of drug-likeness (QED) is 0.313. The van der Waals surface area contributed by atoms with E-state index in [4.69, 9.17) is 11.6 Å². The summed E-state index contributed by atoms with van der Waals surface area (Å²) >= 11 is 9.50. The number of piperidine rings is 1. The summed E-state index contributed by atoms with van der Waals surface area (Å²) < 4.78 is 0.851. The molecular weight excluding hydrogens is 511 g/mol. The van der Waals surface area contributed by atoms with Crippen molar-refractivity contribution in [1.82, 2.24) is 15.5 Å². The molecule has 2 atom stereocenters. The summed E-state index contributed by atoms with van der Waals surface area (Å²) in [7, 11) is 4.08. The molecule has 0 aliphatic carbocycles. The van der Waals surface area contributed by atoms with Crippen LogP contribution in [-0.2, 0) is 6.42 Å². The van der Waals surface area contributed by atoms with Gasteiger partial charge < -0.3 is 10.6 Å². The van der Waals surface area contributed by atoms with Crippen molar-refractivity contribution in [3.05, 3.63) is 43.7 Å². The standard InChI is InChI=1S/C19H27ClN4S2.HI/c1-21-19(22-10-9-15-7-8-17(20)26-15)23-13-14-5-3-11-24(2)18(14)16-6-4-12-25-16;/h4,6-8,12,14,18H,3,5,9-11,13H2,1-2H3,(H2,21,22,23);1H. The van der Waals surface area contributed by atoms with Crippen LogP contribution in [0.15, 0.2) is 34.6 Å². The average Bonchev–Trinajstić information content (AvgIpc) is 3.30. The van der Waals surface area contributed by atoms with E-state index in [1.54, 1.807) is 11.3 Å². The molecule has 0 radical (unpaired) electrons. The molecule has 1 aliphatic heterocycles. The monoisotopic (exact) mass is 538 g/mol. The predicted molar refractivity (Wildman–Crippen MR) is 130 cm³/mol. The molecule has 0 spiro atoms. The maximum Gasteiger partial charge on any atom is 0.190 e. The molecule has 150 valence electrons. The molecule has 1 aliphatic rings. The van der Waals surface area contributed by atoms with Gasteiger partial charge in [-0.1, -0.05) is 17.7 Å². The van der Waals surface area contributed by atoms with Gasteiger partial charge in [0.1, 0.15) is 0 Å². The van der Waals surface area contributed by atoms with E-state index < -0.39 is 0 Å². The third-order valence-corrected chi connectivity index (χ3v) is 7.12. The molecule has 1 fully saturated rings. The molecular formula is C19H28ClIN4S2. The fourth-order valence-corrected chi connectivity index (χ4v) is 5.69. The second kappa shape index (κ2) is 11.6. The summed E-state index contributed by atoms with van der Waals surface area (Å²) in [5.74, 6) is 1.48. The highest BCUT2D eigenvalue weighted by atomic mass is 127. The number of guanidine groups is 1. The first kappa shape index (κ1) is 22.9. The lowest BCUT2D eigenvalue weighted by Gasteiger charge is -2.39. The van der Waals surface area contributed by atoms with Crippen LogP contribution in [0.5, 0.6) is 0 Å². The Balaban J connectivity index is 0.00000261. The molecule has 3 rings (SSSR count). The number of halogens is 2. The minimum Gasteiger partial charge on any atom is -0.356 e. The lowest BCUT2D eigenvalue weighted by atomic mass is 9.88. The van der Waals surface area contributed by atoms with Crippen LogP contribution < -0.4 is 10.6 Å². The zero-order valence-corrected chi connectivity index (χ0v) is 20.5. The van der Waals surface area contributed by atoms with Crippen LogP contribution in [0.2, 0.25) is 4.34 Å². The predicted octanol–water partition coefficient (Wildman–Crippen LogP) is 4.87. The van der Waals surface area contributed by atoms with E-state index >= 15 is 0 Å². The summed E-state index contributed by atoms with van der Waals surface area (Å²) in [5, 5.41) is 9.14. The van der Waals surface area contributed by atoms with E-state index in [0.29, 0.717) is 12.0 Å². The van der Waals surface area contributed by atoms with Crippen molar-refractivity contribution in [3.8, 4) is 0 Å². The average molecular weight is 539 g/mol. The molecule has 2 N–H and O–H groups in total. The molecule has 0 bridgehead atoms. The topological polar surface area (TPSA) is 39.7 Å².